The lowest BCUT2D eigenvalue weighted by Crippen LogP contribution is -2.52. The van der Waals surface area contributed by atoms with Crippen LogP contribution in [-0.2, 0) is 36.0 Å². The first-order chi connectivity index (χ1) is 16.2. The van der Waals surface area contributed by atoms with Crippen molar-refractivity contribution in [3.63, 3.8) is 0 Å². The number of hydrogen-bond acceptors (Lipinski definition) is 5. The Morgan fingerprint density at radius 1 is 1.03 bits per heavy atom. The van der Waals surface area contributed by atoms with Crippen molar-refractivity contribution in [1.82, 2.24) is 0 Å². The Hall–Kier alpha value is -2.68. The van der Waals surface area contributed by atoms with E-state index >= 15 is 0 Å². The van der Waals surface area contributed by atoms with Crippen molar-refractivity contribution < 1.29 is 37.0 Å². The summed E-state index contributed by atoms with van der Waals surface area (Å²) in [6.45, 7) is 0.615. The number of rotatable bonds is 13. The number of halogens is 4. The molecule has 0 saturated carbocycles. The molecule has 2 rings (SSSR count). The summed E-state index contributed by atoms with van der Waals surface area (Å²) in [4.78, 5) is 25.0. The zero-order valence-electron chi connectivity index (χ0n) is 18.6. The maximum Gasteiger partial charge on any atom is 0.432 e. The molecule has 2 aromatic carbocycles. The first kappa shape index (κ1) is 27.6. The molecule has 0 bridgehead atoms. The molecule has 0 unspecified atom stereocenters. The van der Waals surface area contributed by atoms with Gasteiger partial charge in [-0.05, 0) is 24.5 Å². The second-order valence-corrected chi connectivity index (χ2v) is 7.67. The fourth-order valence-corrected chi connectivity index (χ4v) is 3.50. The third-order valence-corrected chi connectivity index (χ3v) is 5.18. The van der Waals surface area contributed by atoms with E-state index < -0.39 is 35.2 Å². The van der Waals surface area contributed by atoms with E-state index in [2.05, 4.69) is 0 Å². The number of hydrogen-bond donors (Lipinski definition) is 0. The summed E-state index contributed by atoms with van der Waals surface area (Å²) >= 11 is 5.43. The summed E-state index contributed by atoms with van der Waals surface area (Å²) in [5.41, 5.74) is -1.80. The van der Waals surface area contributed by atoms with Crippen LogP contribution < -0.4 is 0 Å². The van der Waals surface area contributed by atoms with Gasteiger partial charge in [0, 0.05) is 31.2 Å². The summed E-state index contributed by atoms with van der Waals surface area (Å²) in [7, 11) is 0.787. The van der Waals surface area contributed by atoms with Gasteiger partial charge in [0.15, 0.2) is 5.78 Å². The van der Waals surface area contributed by atoms with E-state index in [4.69, 9.17) is 25.8 Å². The van der Waals surface area contributed by atoms with Crippen LogP contribution in [0.25, 0.3) is 0 Å². The van der Waals surface area contributed by atoms with Crippen molar-refractivity contribution in [2.75, 3.05) is 13.7 Å². The second kappa shape index (κ2) is 13.3. The predicted octanol–water partition coefficient (Wildman–Crippen LogP) is 5.71. The summed E-state index contributed by atoms with van der Waals surface area (Å²) < 4.78 is 57.9. The van der Waals surface area contributed by atoms with Gasteiger partial charge in [-0.3, -0.25) is 4.79 Å². The van der Waals surface area contributed by atoms with Crippen LogP contribution in [0.2, 0.25) is 0 Å². The number of carbonyl (C=O) groups is 2. The molecule has 34 heavy (non-hydrogen) atoms. The van der Waals surface area contributed by atoms with Gasteiger partial charge in [0.25, 0.3) is 5.60 Å². The van der Waals surface area contributed by atoms with Crippen LogP contribution in [0.5, 0.6) is 0 Å². The molecule has 0 aliphatic heterocycles. The maximum atomic E-state index is 14.1. The molecule has 0 aliphatic rings. The zero-order chi connectivity index (χ0) is 25.0. The van der Waals surface area contributed by atoms with E-state index in [1.165, 1.54) is 18.2 Å². The largest absolute Gasteiger partial charge is 0.459 e. The number of allylic oxidation sites excluding steroid dienone is 1. The highest BCUT2D eigenvalue weighted by Gasteiger charge is 2.64. The van der Waals surface area contributed by atoms with Crippen molar-refractivity contribution in [3.05, 3.63) is 83.4 Å². The van der Waals surface area contributed by atoms with Gasteiger partial charge in [-0.15, -0.1) is 0 Å². The van der Waals surface area contributed by atoms with Crippen LogP contribution in [0.15, 0.2) is 72.3 Å². The quantitative estimate of drug-likeness (QED) is 0.201. The highest BCUT2D eigenvalue weighted by molar-refractivity contribution is 6.26. The molecule has 5 nitrogen and oxygen atoms in total. The van der Waals surface area contributed by atoms with Crippen molar-refractivity contribution in [1.29, 1.82) is 0 Å². The number of alkyl halides is 3. The molecule has 0 spiro atoms. The molecule has 184 valence electrons. The summed E-state index contributed by atoms with van der Waals surface area (Å²) in [6, 6.07) is 15.9. The predicted molar refractivity (Wildman–Crippen MR) is 121 cm³/mol. The standard InChI is InChI=1S/C25H26ClF3O5/c1-32-24(25(27,28)29,20-11-6-3-7-12-20)23(31)34-22(17-21(30)14-15-26)13-8-16-33-18-19-9-4-2-5-10-19/h2-7,9-12,14-15,22H,8,13,16-18H2,1H3/b15-14+/t22-,24-/m1/s1. The summed E-state index contributed by atoms with van der Waals surface area (Å²) in [5, 5.41) is 0. The fraction of sp³-hybridized carbons (Fsp3) is 0.360. The number of ether oxygens (including phenoxy) is 3. The lowest BCUT2D eigenvalue weighted by atomic mass is 9.92. The number of carbonyl (C=O) groups excluding carboxylic acids is 2. The first-order valence-corrected chi connectivity index (χ1v) is 11.0. The molecule has 0 amide bonds. The normalized spacial score (nSPS) is 14.5. The third kappa shape index (κ3) is 7.41. The minimum atomic E-state index is -5.11. The lowest BCUT2D eigenvalue weighted by molar-refractivity contribution is -0.278. The maximum absolute atomic E-state index is 14.1. The zero-order valence-corrected chi connectivity index (χ0v) is 19.4. The van der Waals surface area contributed by atoms with Crippen LogP contribution in [0.4, 0.5) is 13.2 Å². The van der Waals surface area contributed by atoms with Gasteiger partial charge in [0.2, 0.25) is 0 Å². The molecule has 2 atom stereocenters. The van der Waals surface area contributed by atoms with Crippen LogP contribution in [0, 0.1) is 0 Å². The van der Waals surface area contributed by atoms with Gasteiger partial charge in [-0.1, -0.05) is 72.3 Å². The Labute approximate surface area is 201 Å². The van der Waals surface area contributed by atoms with Crippen molar-refractivity contribution in [2.45, 2.75) is 43.8 Å². The van der Waals surface area contributed by atoms with Crippen molar-refractivity contribution in [3.8, 4) is 0 Å². The Balaban J connectivity index is 2.12. The third-order valence-electron chi connectivity index (χ3n) is 5.05. The fourth-order valence-electron chi connectivity index (χ4n) is 3.36. The molecular weight excluding hydrogens is 473 g/mol. The van der Waals surface area contributed by atoms with E-state index in [1.54, 1.807) is 0 Å². The van der Waals surface area contributed by atoms with Gasteiger partial charge in [-0.25, -0.2) is 4.79 Å². The molecule has 0 saturated heterocycles. The number of ketones is 1. The van der Waals surface area contributed by atoms with Gasteiger partial charge in [0.1, 0.15) is 6.10 Å². The van der Waals surface area contributed by atoms with E-state index in [0.717, 1.165) is 36.4 Å². The SMILES string of the molecule is CO[C@@](C(=O)O[C@H](CCCOCc1ccccc1)CC(=O)/C=C/Cl)(c1ccccc1)C(F)(F)F. The molecular formula is C25H26ClF3O5. The average Bonchev–Trinajstić information content (AvgIpc) is 2.80. The van der Waals surface area contributed by atoms with Gasteiger partial charge >= 0.3 is 12.1 Å². The molecule has 0 aromatic heterocycles. The van der Waals surface area contributed by atoms with Gasteiger partial charge < -0.3 is 14.2 Å². The van der Waals surface area contributed by atoms with Crippen LogP contribution in [-0.4, -0.2) is 37.7 Å². The number of esters is 1. The second-order valence-electron chi connectivity index (χ2n) is 7.42. The van der Waals surface area contributed by atoms with E-state index in [-0.39, 0.29) is 19.4 Å². The number of methoxy groups -OCH3 is 1. The Morgan fingerprint density at radius 2 is 1.65 bits per heavy atom. The minimum absolute atomic E-state index is 0.106. The molecule has 0 N–H and O–H groups in total. The Bertz CT molecular complexity index is 935. The van der Waals surface area contributed by atoms with Crippen molar-refractivity contribution in [2.24, 2.45) is 0 Å². The molecule has 9 heteroatoms. The molecule has 0 aliphatic carbocycles. The Kier molecular flexibility index (Phi) is 10.8. The summed E-state index contributed by atoms with van der Waals surface area (Å²) in [6.07, 6.45) is -5.06. The highest BCUT2D eigenvalue weighted by Crippen LogP contribution is 2.43. The van der Waals surface area contributed by atoms with E-state index in [0.29, 0.717) is 13.0 Å². The van der Waals surface area contributed by atoms with Crippen molar-refractivity contribution >= 4 is 23.4 Å². The summed E-state index contributed by atoms with van der Waals surface area (Å²) in [5.74, 6) is -2.14. The first-order valence-electron chi connectivity index (χ1n) is 10.5. The minimum Gasteiger partial charge on any atom is -0.459 e. The average molecular weight is 499 g/mol. The molecule has 0 fully saturated rings. The van der Waals surface area contributed by atoms with Crippen LogP contribution >= 0.6 is 11.6 Å². The monoisotopic (exact) mass is 498 g/mol. The molecule has 0 heterocycles. The van der Waals surface area contributed by atoms with E-state index in [9.17, 15) is 22.8 Å². The number of benzene rings is 2. The van der Waals surface area contributed by atoms with E-state index in [1.807, 2.05) is 30.3 Å². The highest BCUT2D eigenvalue weighted by atomic mass is 35.5. The smallest absolute Gasteiger partial charge is 0.432 e. The van der Waals surface area contributed by atoms with Gasteiger partial charge in [0.05, 0.1) is 6.61 Å². The van der Waals surface area contributed by atoms with Crippen LogP contribution in [0.3, 0.4) is 0 Å². The van der Waals surface area contributed by atoms with Crippen LogP contribution in [0.1, 0.15) is 30.4 Å². The van der Waals surface area contributed by atoms with Gasteiger partial charge in [-0.2, -0.15) is 13.2 Å². The lowest BCUT2D eigenvalue weighted by Gasteiger charge is -2.33. The Morgan fingerprint density at radius 3 is 2.21 bits per heavy atom. The molecule has 0 radical (unpaired) electrons. The topological polar surface area (TPSA) is 61.8 Å². The molecule has 2 aromatic rings.